The fourth-order valence-corrected chi connectivity index (χ4v) is 8.77. The zero-order chi connectivity index (χ0) is 39.2. The van der Waals surface area contributed by atoms with Gasteiger partial charge in [0.25, 0.3) is 0 Å². The van der Waals surface area contributed by atoms with Gasteiger partial charge in [0.1, 0.15) is 35.9 Å². The molecule has 4 aromatic heterocycles. The summed E-state index contributed by atoms with van der Waals surface area (Å²) in [6, 6.07) is 0. The molecule has 8 atom stereocenters. The SMILES string of the molecule is Nc1ncnc2c1ncn2[C@@H](C=O)O[C@@H](C=O)COP(=O)(O)OP(=O)(O)OP(=O)(O)OP(=O)(O)OC[C@H](C=O)O[C@H](C=O)n1cnc2c(N)ncnc21.[Na].[Na].[Na].[Na]. The number of carbonyl (C=O) groups is 4. The van der Waals surface area contributed by atoms with Gasteiger partial charge in [0.05, 0.1) is 25.9 Å². The molecule has 4 rings (SSSR count). The van der Waals surface area contributed by atoms with Gasteiger partial charge in [0.15, 0.2) is 60.5 Å². The molecule has 4 heterocycles. The summed E-state index contributed by atoms with van der Waals surface area (Å²) in [7, 11) is -24.2. The second-order valence-electron chi connectivity index (χ2n) is 9.55. The fraction of sp³-hybridized carbons (Fsp3) is 0.300. The van der Waals surface area contributed by atoms with E-state index in [0.29, 0.717) is 0 Å². The van der Waals surface area contributed by atoms with Crippen molar-refractivity contribution in [1.29, 1.82) is 0 Å². The molecule has 0 aliphatic carbocycles. The third-order valence-corrected chi connectivity index (χ3v) is 11.8. The number of fused-ring (bicyclic) bond motifs is 2. The molecule has 8 N–H and O–H groups in total. The van der Waals surface area contributed by atoms with Crippen LogP contribution in [0.15, 0.2) is 25.3 Å². The second-order valence-corrected chi connectivity index (χ2v) is 15.8. The van der Waals surface area contributed by atoms with Crippen molar-refractivity contribution in [1.82, 2.24) is 39.0 Å². The molecule has 4 radical (unpaired) electrons. The predicted molar refractivity (Wildman–Crippen MR) is 189 cm³/mol. The second kappa shape index (κ2) is 24.5. The molecule has 0 aliphatic heterocycles. The van der Waals surface area contributed by atoms with Crippen molar-refractivity contribution in [2.24, 2.45) is 0 Å². The number of nitrogen functional groups attached to an aromatic ring is 2. The third kappa shape index (κ3) is 16.2. The molecule has 0 saturated carbocycles. The van der Waals surface area contributed by atoms with E-state index in [9.17, 15) is 57.0 Å². The molecular formula is C20H24N10Na4O19P4. The number of hydrogen-bond acceptors (Lipinski definition) is 23. The first-order chi connectivity index (χ1) is 24.8. The number of hydrogen-bond donors (Lipinski definition) is 6. The molecule has 0 spiro atoms. The largest absolute Gasteiger partial charge is 0.490 e. The number of imidazole rings is 2. The summed E-state index contributed by atoms with van der Waals surface area (Å²) >= 11 is 0. The number of phosphoric acid groups is 4. The van der Waals surface area contributed by atoms with Crippen LogP contribution in [0, 0.1) is 0 Å². The van der Waals surface area contributed by atoms with Gasteiger partial charge >= 0.3 is 31.3 Å². The van der Waals surface area contributed by atoms with Crippen LogP contribution in [-0.4, -0.2) is 227 Å². The number of aldehydes is 4. The number of anilines is 2. The summed E-state index contributed by atoms with van der Waals surface area (Å²) in [4.78, 5) is 109. The van der Waals surface area contributed by atoms with E-state index >= 15 is 0 Å². The van der Waals surface area contributed by atoms with E-state index in [0.717, 1.165) is 34.4 Å². The standard InChI is InChI=1S/C20H24N10O19P4.4Na/c21-17-15-19(25-7-23-17)29(9-27-15)13(3-33)45-11(1-31)5-43-50(35,36)47-52(39,40)49-53(41,42)48-51(37,38)44-6-12(2-32)46-14(4-34)30-10-28-16-18(22)24-8-26-20(16)30;;;;/h1-4,7-14H,5-6H2,(H,35,36)(H,37,38)(H,39,40)(H,41,42)(H2,21,23,25)(H2,22,24,26);;;;/t11-,12-,13+,14+;;;;/m0..../s1. The molecule has 37 heteroatoms. The number of aromatic nitrogens is 8. The number of nitrogens with zero attached hydrogens (tertiary/aromatic N) is 8. The van der Waals surface area contributed by atoms with Crippen LogP contribution >= 0.6 is 31.3 Å². The van der Waals surface area contributed by atoms with Gasteiger partial charge in [-0.05, 0) is 0 Å². The third-order valence-electron chi connectivity index (χ3n) is 5.91. The van der Waals surface area contributed by atoms with Crippen LogP contribution in [0.25, 0.3) is 22.3 Å². The Bertz CT molecular complexity index is 2060. The molecule has 4 unspecified atom stereocenters. The van der Waals surface area contributed by atoms with E-state index in [1.54, 1.807) is 0 Å². The van der Waals surface area contributed by atoms with E-state index in [1.807, 2.05) is 0 Å². The van der Waals surface area contributed by atoms with Gasteiger partial charge in [-0.2, -0.15) is 12.9 Å². The molecule has 29 nitrogen and oxygen atoms in total. The molecule has 0 amide bonds. The van der Waals surface area contributed by atoms with Crippen LogP contribution in [0.5, 0.6) is 0 Å². The van der Waals surface area contributed by atoms with Crippen LogP contribution < -0.4 is 11.5 Å². The maximum atomic E-state index is 12.3. The minimum Gasteiger partial charge on any atom is -0.382 e. The Hall–Kier alpha value is -0.140. The minimum absolute atomic E-state index is 0. The Morgan fingerprint density at radius 1 is 0.561 bits per heavy atom. The molecule has 292 valence electrons. The van der Waals surface area contributed by atoms with Crippen molar-refractivity contribution in [3.8, 4) is 0 Å². The zero-order valence-electron chi connectivity index (χ0n) is 29.8. The maximum Gasteiger partial charge on any atom is 0.490 e. The summed E-state index contributed by atoms with van der Waals surface area (Å²) in [5, 5.41) is 0. The summed E-state index contributed by atoms with van der Waals surface area (Å²) in [6.45, 7) is -2.52. The zero-order valence-corrected chi connectivity index (χ0v) is 41.4. The first-order valence-corrected chi connectivity index (χ1v) is 19.5. The van der Waals surface area contributed by atoms with Crippen LogP contribution in [0.3, 0.4) is 0 Å². The van der Waals surface area contributed by atoms with Gasteiger partial charge in [-0.25, -0.2) is 48.2 Å². The minimum atomic E-state index is -6.25. The van der Waals surface area contributed by atoms with Crippen LogP contribution in [-0.2, 0) is 68.9 Å². The van der Waals surface area contributed by atoms with Gasteiger partial charge in [0, 0.05) is 118 Å². The van der Waals surface area contributed by atoms with Crippen molar-refractivity contribution in [3.05, 3.63) is 25.3 Å². The first-order valence-electron chi connectivity index (χ1n) is 13.6. The molecule has 0 saturated heterocycles. The molecule has 0 bridgehead atoms. The van der Waals surface area contributed by atoms with Gasteiger partial charge in [0.2, 0.25) is 0 Å². The van der Waals surface area contributed by atoms with Crippen molar-refractivity contribution >= 4 is 209 Å². The first kappa shape index (κ1) is 56.9. The van der Waals surface area contributed by atoms with Crippen LogP contribution in [0.1, 0.15) is 12.5 Å². The number of carbonyl (C=O) groups excluding carboxylic acids is 4. The van der Waals surface area contributed by atoms with Crippen LogP contribution in [0.2, 0.25) is 0 Å². The molecule has 0 aromatic carbocycles. The quantitative estimate of drug-likeness (QED) is 0.0266. The normalized spacial score (nSPS) is 17.5. The van der Waals surface area contributed by atoms with E-state index in [4.69, 9.17) is 20.9 Å². The van der Waals surface area contributed by atoms with Crippen molar-refractivity contribution in [3.63, 3.8) is 0 Å². The summed E-state index contributed by atoms with van der Waals surface area (Å²) in [5.41, 5.74) is 11.4. The summed E-state index contributed by atoms with van der Waals surface area (Å²) in [6.07, 6.45) is -2.67. The average Bonchev–Trinajstić information content (AvgIpc) is 3.70. The Balaban J connectivity index is 0.00000784. The Morgan fingerprint density at radius 3 is 1.21 bits per heavy atom. The van der Waals surface area contributed by atoms with Gasteiger partial charge in [-0.3, -0.25) is 27.8 Å². The van der Waals surface area contributed by atoms with Crippen molar-refractivity contribution in [2.45, 2.75) is 24.7 Å². The van der Waals surface area contributed by atoms with Gasteiger partial charge in [-0.15, -0.1) is 0 Å². The average molecular weight is 924 g/mol. The van der Waals surface area contributed by atoms with E-state index < -0.39 is 69.2 Å². The van der Waals surface area contributed by atoms with Crippen molar-refractivity contribution in [2.75, 3.05) is 24.7 Å². The number of rotatable bonds is 22. The smallest absolute Gasteiger partial charge is 0.382 e. The Morgan fingerprint density at radius 2 is 0.895 bits per heavy atom. The van der Waals surface area contributed by atoms with Gasteiger partial charge < -0.3 is 50.1 Å². The molecule has 57 heavy (non-hydrogen) atoms. The number of ether oxygens (including phenoxy) is 2. The maximum absolute atomic E-state index is 12.3. The van der Waals surface area contributed by atoms with E-state index in [-0.39, 0.29) is 177 Å². The molecule has 4 aromatic rings. The summed E-state index contributed by atoms with van der Waals surface area (Å²) in [5.74, 6) is -0.140. The monoisotopic (exact) mass is 924 g/mol. The predicted octanol–water partition coefficient (Wildman–Crippen LogP) is -2.64. The van der Waals surface area contributed by atoms with Gasteiger partial charge in [-0.1, -0.05) is 0 Å². The Kier molecular flexibility index (Phi) is 24.4. The molecule has 0 fully saturated rings. The fourth-order valence-electron chi connectivity index (χ4n) is 3.82. The van der Waals surface area contributed by atoms with E-state index in [1.165, 1.54) is 0 Å². The topological polar surface area (TPSA) is 421 Å². The summed E-state index contributed by atoms with van der Waals surface area (Å²) < 4.78 is 81.6. The number of phosphoric ester groups is 2. The molecular weight excluding hydrogens is 900 g/mol. The van der Waals surface area contributed by atoms with Crippen LogP contribution in [0.4, 0.5) is 11.6 Å². The molecule has 0 aliphatic rings. The number of nitrogens with two attached hydrogens (primary N) is 2. The Labute approximate surface area is 406 Å². The van der Waals surface area contributed by atoms with Crippen molar-refractivity contribution < 1.29 is 88.5 Å². The van der Waals surface area contributed by atoms with E-state index in [2.05, 4.69) is 51.9 Å².